The van der Waals surface area contributed by atoms with Crippen molar-refractivity contribution < 1.29 is 14.6 Å². The van der Waals surface area contributed by atoms with Crippen molar-refractivity contribution in [1.29, 1.82) is 0 Å². The number of phenols is 1. The van der Waals surface area contributed by atoms with Crippen LogP contribution in [0.5, 0.6) is 17.2 Å². The lowest BCUT2D eigenvalue weighted by atomic mass is 9.89. The summed E-state index contributed by atoms with van der Waals surface area (Å²) in [4.78, 5) is 0. The second-order valence-electron chi connectivity index (χ2n) is 4.26. The first-order chi connectivity index (χ1) is 7.86. The van der Waals surface area contributed by atoms with Gasteiger partial charge in [0.2, 0.25) is 12.5 Å². The molecule has 2 aliphatic rings. The highest BCUT2D eigenvalue weighted by Gasteiger charge is 2.25. The quantitative estimate of drug-likeness (QED) is 0.756. The van der Waals surface area contributed by atoms with E-state index >= 15 is 0 Å². The molecule has 1 aromatic carbocycles. The minimum Gasteiger partial charge on any atom is -0.504 e. The molecule has 2 aliphatic heterocycles. The van der Waals surface area contributed by atoms with Gasteiger partial charge < -0.3 is 19.9 Å². The Labute approximate surface area is 94.2 Å². The standard InChI is InChI=1S/C12H15NO3/c14-11-9(8-3-5-13-6-4-8)1-2-10-12(11)16-7-15-10/h1-2,8,13-14H,3-7H2. The maximum absolute atomic E-state index is 10.1. The first kappa shape index (κ1) is 9.78. The van der Waals surface area contributed by atoms with Crippen LogP contribution in [0.4, 0.5) is 0 Å². The van der Waals surface area contributed by atoms with Gasteiger partial charge in [0.1, 0.15) is 0 Å². The van der Waals surface area contributed by atoms with Crippen molar-refractivity contribution in [2.24, 2.45) is 0 Å². The summed E-state index contributed by atoms with van der Waals surface area (Å²) in [7, 11) is 0. The Morgan fingerprint density at radius 2 is 2.00 bits per heavy atom. The zero-order valence-corrected chi connectivity index (χ0v) is 9.03. The normalized spacial score (nSPS) is 20.0. The fourth-order valence-electron chi connectivity index (χ4n) is 2.44. The summed E-state index contributed by atoms with van der Waals surface area (Å²) in [6.45, 7) is 2.23. The lowest BCUT2D eigenvalue weighted by Gasteiger charge is -2.23. The van der Waals surface area contributed by atoms with Crippen LogP contribution in [0, 0.1) is 0 Å². The Hall–Kier alpha value is -1.42. The summed E-state index contributed by atoms with van der Waals surface area (Å²) in [6, 6.07) is 3.85. The van der Waals surface area contributed by atoms with E-state index in [2.05, 4.69) is 5.32 Å². The van der Waals surface area contributed by atoms with Crippen LogP contribution in [0.2, 0.25) is 0 Å². The number of benzene rings is 1. The Morgan fingerprint density at radius 3 is 2.81 bits per heavy atom. The summed E-state index contributed by atoms with van der Waals surface area (Å²) >= 11 is 0. The molecule has 0 aliphatic carbocycles. The van der Waals surface area contributed by atoms with E-state index in [0.29, 0.717) is 17.4 Å². The van der Waals surface area contributed by atoms with E-state index in [1.807, 2.05) is 12.1 Å². The van der Waals surface area contributed by atoms with Crippen molar-refractivity contribution in [3.8, 4) is 17.2 Å². The molecule has 0 radical (unpaired) electrons. The Bertz CT molecular complexity index is 399. The van der Waals surface area contributed by atoms with Crippen LogP contribution in [0.15, 0.2) is 12.1 Å². The molecule has 1 fully saturated rings. The Kier molecular flexibility index (Phi) is 2.36. The van der Waals surface area contributed by atoms with Gasteiger partial charge in [-0.2, -0.15) is 0 Å². The molecule has 2 heterocycles. The summed E-state index contributed by atoms with van der Waals surface area (Å²) in [5.41, 5.74) is 0.991. The molecule has 2 N–H and O–H groups in total. The van der Waals surface area contributed by atoms with E-state index in [0.717, 1.165) is 31.5 Å². The number of aromatic hydroxyl groups is 1. The van der Waals surface area contributed by atoms with E-state index in [-0.39, 0.29) is 12.5 Å². The van der Waals surface area contributed by atoms with E-state index in [4.69, 9.17) is 9.47 Å². The number of rotatable bonds is 1. The molecule has 4 nitrogen and oxygen atoms in total. The smallest absolute Gasteiger partial charge is 0.231 e. The summed E-state index contributed by atoms with van der Waals surface area (Å²) in [5.74, 6) is 1.85. The first-order valence-corrected chi connectivity index (χ1v) is 5.68. The average Bonchev–Trinajstić information content (AvgIpc) is 2.80. The molecule has 3 rings (SSSR count). The third kappa shape index (κ3) is 1.50. The molecule has 1 aromatic rings. The number of ether oxygens (including phenoxy) is 2. The molecule has 86 valence electrons. The topological polar surface area (TPSA) is 50.7 Å². The van der Waals surface area contributed by atoms with Gasteiger partial charge in [-0.3, -0.25) is 0 Å². The molecule has 16 heavy (non-hydrogen) atoms. The molecule has 1 saturated heterocycles. The van der Waals surface area contributed by atoms with Gasteiger partial charge in [0.15, 0.2) is 11.5 Å². The fraction of sp³-hybridized carbons (Fsp3) is 0.500. The number of hydrogen-bond donors (Lipinski definition) is 2. The zero-order chi connectivity index (χ0) is 11.0. The average molecular weight is 221 g/mol. The largest absolute Gasteiger partial charge is 0.504 e. The van der Waals surface area contributed by atoms with E-state index in [1.165, 1.54) is 0 Å². The van der Waals surface area contributed by atoms with Crippen LogP contribution in [0.25, 0.3) is 0 Å². The molecular formula is C12H15NO3. The molecule has 0 atom stereocenters. The third-order valence-corrected chi connectivity index (χ3v) is 3.32. The number of fused-ring (bicyclic) bond motifs is 1. The minimum atomic E-state index is 0.207. The maximum Gasteiger partial charge on any atom is 0.231 e. The van der Waals surface area contributed by atoms with Gasteiger partial charge in [0.25, 0.3) is 0 Å². The molecule has 0 unspecified atom stereocenters. The van der Waals surface area contributed by atoms with Crippen molar-refractivity contribution in [1.82, 2.24) is 5.32 Å². The minimum absolute atomic E-state index is 0.207. The van der Waals surface area contributed by atoms with Gasteiger partial charge in [-0.25, -0.2) is 0 Å². The molecule has 4 heteroatoms. The highest BCUT2D eigenvalue weighted by Crippen LogP contribution is 2.45. The predicted octanol–water partition coefficient (Wildman–Crippen LogP) is 1.59. The molecule has 0 aromatic heterocycles. The predicted molar refractivity (Wildman–Crippen MR) is 59.1 cm³/mol. The van der Waals surface area contributed by atoms with Gasteiger partial charge in [-0.1, -0.05) is 6.07 Å². The van der Waals surface area contributed by atoms with E-state index < -0.39 is 0 Å². The van der Waals surface area contributed by atoms with Crippen LogP contribution in [0.3, 0.4) is 0 Å². The van der Waals surface area contributed by atoms with Gasteiger partial charge in [-0.05, 0) is 37.9 Å². The van der Waals surface area contributed by atoms with Crippen molar-refractivity contribution in [3.63, 3.8) is 0 Å². The van der Waals surface area contributed by atoms with Crippen LogP contribution in [-0.2, 0) is 0 Å². The summed E-state index contributed by atoms with van der Waals surface area (Å²) < 4.78 is 10.5. The lowest BCUT2D eigenvalue weighted by Crippen LogP contribution is -2.26. The van der Waals surface area contributed by atoms with Crippen LogP contribution in [-0.4, -0.2) is 25.0 Å². The number of hydrogen-bond acceptors (Lipinski definition) is 4. The fourth-order valence-corrected chi connectivity index (χ4v) is 2.44. The molecule has 0 spiro atoms. The second-order valence-corrected chi connectivity index (χ2v) is 4.26. The van der Waals surface area contributed by atoms with Crippen molar-refractivity contribution in [2.45, 2.75) is 18.8 Å². The summed E-state index contributed by atoms with van der Waals surface area (Å²) in [6.07, 6.45) is 2.13. The Balaban J connectivity index is 1.95. The van der Waals surface area contributed by atoms with Crippen molar-refractivity contribution in [2.75, 3.05) is 19.9 Å². The number of nitrogens with one attached hydrogen (secondary N) is 1. The molecule has 0 amide bonds. The van der Waals surface area contributed by atoms with Crippen molar-refractivity contribution >= 4 is 0 Å². The lowest BCUT2D eigenvalue weighted by molar-refractivity contribution is 0.171. The molecular weight excluding hydrogens is 206 g/mol. The van der Waals surface area contributed by atoms with Crippen LogP contribution < -0.4 is 14.8 Å². The van der Waals surface area contributed by atoms with Crippen LogP contribution in [0.1, 0.15) is 24.3 Å². The summed E-state index contributed by atoms with van der Waals surface area (Å²) in [5, 5.41) is 13.5. The van der Waals surface area contributed by atoms with Gasteiger partial charge in [0.05, 0.1) is 0 Å². The highest BCUT2D eigenvalue weighted by molar-refractivity contribution is 5.57. The second kappa shape index (κ2) is 3.87. The van der Waals surface area contributed by atoms with Gasteiger partial charge in [-0.15, -0.1) is 0 Å². The Morgan fingerprint density at radius 1 is 1.19 bits per heavy atom. The highest BCUT2D eigenvalue weighted by atomic mass is 16.7. The molecule has 0 bridgehead atoms. The van der Waals surface area contributed by atoms with E-state index in [1.54, 1.807) is 0 Å². The third-order valence-electron chi connectivity index (χ3n) is 3.32. The number of piperidine rings is 1. The zero-order valence-electron chi connectivity index (χ0n) is 9.03. The SMILES string of the molecule is Oc1c(C2CCNCC2)ccc2c1OCO2. The number of phenolic OH excluding ortho intramolecular Hbond substituents is 1. The maximum atomic E-state index is 10.1. The first-order valence-electron chi connectivity index (χ1n) is 5.68. The van der Waals surface area contributed by atoms with Gasteiger partial charge >= 0.3 is 0 Å². The van der Waals surface area contributed by atoms with E-state index in [9.17, 15) is 5.11 Å². The van der Waals surface area contributed by atoms with Gasteiger partial charge in [0, 0.05) is 5.56 Å². The van der Waals surface area contributed by atoms with Crippen LogP contribution >= 0.6 is 0 Å². The van der Waals surface area contributed by atoms with Crippen molar-refractivity contribution in [3.05, 3.63) is 17.7 Å². The molecule has 0 saturated carbocycles. The monoisotopic (exact) mass is 221 g/mol.